The second-order valence-corrected chi connectivity index (χ2v) is 10.1. The number of carboxylic acids is 1. The average Bonchev–Trinajstić information content (AvgIpc) is 3.21. The Balaban J connectivity index is 1.47. The Hall–Kier alpha value is -2.41. The molecule has 0 saturated carbocycles. The maximum Gasteiger partial charge on any atom is 0.303 e. The predicted octanol–water partition coefficient (Wildman–Crippen LogP) is 4.32. The number of carboxylic acid groups (broad SMARTS) is 1. The molecule has 186 valence electrons. The van der Waals surface area contributed by atoms with E-state index in [2.05, 4.69) is 43.4 Å². The van der Waals surface area contributed by atoms with Crippen LogP contribution in [0.15, 0.2) is 42.5 Å². The van der Waals surface area contributed by atoms with Gasteiger partial charge in [0.2, 0.25) is 0 Å². The molecule has 0 bridgehead atoms. The number of hydrogen-bond acceptors (Lipinski definition) is 5. The van der Waals surface area contributed by atoms with Crippen molar-refractivity contribution in [1.82, 2.24) is 5.32 Å². The van der Waals surface area contributed by atoms with Crippen LogP contribution in [-0.4, -0.2) is 48.1 Å². The maximum absolute atomic E-state index is 11.0. The van der Waals surface area contributed by atoms with Gasteiger partial charge in [-0.2, -0.15) is 0 Å². The van der Waals surface area contributed by atoms with Crippen molar-refractivity contribution in [2.24, 2.45) is 5.92 Å². The molecule has 2 atom stereocenters. The number of aliphatic hydroxyl groups excluding tert-OH is 1. The fourth-order valence-corrected chi connectivity index (χ4v) is 4.95. The number of fused-ring (bicyclic) bond motifs is 1. The molecule has 6 nitrogen and oxygen atoms in total. The molecule has 2 aromatic rings. The summed E-state index contributed by atoms with van der Waals surface area (Å²) >= 11 is 0. The maximum atomic E-state index is 11.0. The molecule has 3 N–H and O–H groups in total. The van der Waals surface area contributed by atoms with E-state index in [0.29, 0.717) is 24.6 Å². The van der Waals surface area contributed by atoms with Gasteiger partial charge in [0.1, 0.15) is 5.75 Å². The van der Waals surface area contributed by atoms with Gasteiger partial charge in [-0.15, -0.1) is 0 Å². The number of hydrogen-bond donors (Lipinski definition) is 3. The number of aliphatic carboxylic acids is 1. The number of β-amino-alcohol motifs (C(OH)–C–C–N with tert-alkyl or cyclic N) is 1. The number of aryl methyl sites for hydroxylation is 1. The van der Waals surface area contributed by atoms with Crippen LogP contribution in [0.2, 0.25) is 0 Å². The van der Waals surface area contributed by atoms with Crippen molar-refractivity contribution >= 4 is 5.97 Å². The van der Waals surface area contributed by atoms with Crippen molar-refractivity contribution in [3.05, 3.63) is 64.7 Å². The summed E-state index contributed by atoms with van der Waals surface area (Å²) in [5.41, 5.74) is 4.65. The fourth-order valence-electron chi connectivity index (χ4n) is 4.95. The first-order chi connectivity index (χ1) is 16.2. The number of aliphatic hydroxyl groups is 1. The second-order valence-electron chi connectivity index (χ2n) is 10.1. The number of rotatable bonds is 13. The van der Waals surface area contributed by atoms with E-state index < -0.39 is 12.1 Å². The molecule has 0 spiro atoms. The van der Waals surface area contributed by atoms with Gasteiger partial charge in [0, 0.05) is 18.5 Å². The van der Waals surface area contributed by atoms with Crippen molar-refractivity contribution in [1.29, 1.82) is 0 Å². The third-order valence-corrected chi connectivity index (χ3v) is 6.69. The van der Waals surface area contributed by atoms with Crippen LogP contribution in [0.5, 0.6) is 5.75 Å². The van der Waals surface area contributed by atoms with Crippen LogP contribution in [0.4, 0.5) is 0 Å². The number of nitrogens with one attached hydrogen (secondary N) is 1. The van der Waals surface area contributed by atoms with E-state index in [1.54, 1.807) is 7.11 Å². The van der Waals surface area contributed by atoms with Gasteiger partial charge >= 0.3 is 5.97 Å². The lowest BCUT2D eigenvalue weighted by Crippen LogP contribution is -2.45. The molecule has 34 heavy (non-hydrogen) atoms. The van der Waals surface area contributed by atoms with E-state index in [1.165, 1.54) is 11.1 Å². The van der Waals surface area contributed by atoms with E-state index in [4.69, 9.17) is 14.6 Å². The summed E-state index contributed by atoms with van der Waals surface area (Å²) in [7, 11) is 1.59. The van der Waals surface area contributed by atoms with Crippen LogP contribution in [0, 0.1) is 5.92 Å². The molecule has 6 heteroatoms. The van der Waals surface area contributed by atoms with Crippen molar-refractivity contribution in [3.8, 4) is 5.75 Å². The van der Waals surface area contributed by atoms with E-state index in [-0.39, 0.29) is 24.7 Å². The van der Waals surface area contributed by atoms with E-state index in [1.807, 2.05) is 25.1 Å². The molecule has 0 heterocycles. The van der Waals surface area contributed by atoms with Crippen molar-refractivity contribution in [2.75, 3.05) is 20.3 Å². The Kier molecular flexibility index (Phi) is 9.11. The molecule has 0 aliphatic heterocycles. The van der Waals surface area contributed by atoms with Crippen LogP contribution in [0.3, 0.4) is 0 Å². The van der Waals surface area contributed by atoms with Gasteiger partial charge < -0.3 is 25.0 Å². The van der Waals surface area contributed by atoms with E-state index in [0.717, 1.165) is 30.4 Å². The first-order valence-electron chi connectivity index (χ1n) is 12.2. The predicted molar refractivity (Wildman–Crippen MR) is 133 cm³/mol. The lowest BCUT2D eigenvalue weighted by Gasteiger charge is -2.31. The number of carbonyl (C=O) groups is 1. The smallest absolute Gasteiger partial charge is 0.303 e. The molecular weight excluding hydrogens is 430 g/mol. The second kappa shape index (κ2) is 11.8. The summed E-state index contributed by atoms with van der Waals surface area (Å²) in [5, 5.41) is 23.1. The normalized spacial score (nSPS) is 15.7. The molecule has 3 rings (SSSR count). The monoisotopic (exact) mass is 469 g/mol. The first-order valence-corrected chi connectivity index (χ1v) is 12.2. The third-order valence-electron chi connectivity index (χ3n) is 6.69. The standard InChI is InChI=1S/C28H39NO5/c1-19(26-11-10-25(33-4)15-23(26)9-12-27(31)32)34-18-24(30)17-29-28(2,3)16-20-13-21-7-5-6-8-22(21)14-20/h5-8,10-11,15,19-20,24,29-30H,9,12-14,16-18H2,1-4H3,(H,31,32)/t19-,24-/m1/s1. The molecule has 0 saturated heterocycles. The minimum absolute atomic E-state index is 0.0423. The minimum atomic E-state index is -0.840. The number of ether oxygens (including phenoxy) is 2. The quantitative estimate of drug-likeness (QED) is 0.405. The molecule has 1 aliphatic rings. The van der Waals surface area contributed by atoms with Gasteiger partial charge in [0.25, 0.3) is 0 Å². The lowest BCUT2D eigenvalue weighted by atomic mass is 9.88. The molecule has 0 unspecified atom stereocenters. The first kappa shape index (κ1) is 26.2. The fraction of sp³-hybridized carbons (Fsp3) is 0.536. The summed E-state index contributed by atoms with van der Waals surface area (Å²) in [6, 6.07) is 14.3. The zero-order valence-corrected chi connectivity index (χ0v) is 20.8. The Morgan fingerprint density at radius 1 is 1.18 bits per heavy atom. The highest BCUT2D eigenvalue weighted by molar-refractivity contribution is 5.67. The summed E-state index contributed by atoms with van der Waals surface area (Å²) in [5.74, 6) is 0.466. The van der Waals surface area contributed by atoms with Crippen molar-refractivity contribution < 1.29 is 24.5 Å². The molecular formula is C28H39NO5. The molecule has 2 aromatic carbocycles. The van der Waals surface area contributed by atoms with Crippen LogP contribution in [0.25, 0.3) is 0 Å². The third kappa shape index (κ3) is 7.55. The highest BCUT2D eigenvalue weighted by atomic mass is 16.5. The molecule has 1 aliphatic carbocycles. The van der Waals surface area contributed by atoms with Crippen LogP contribution in [-0.2, 0) is 28.8 Å². The van der Waals surface area contributed by atoms with Crippen LogP contribution in [0.1, 0.15) is 62.0 Å². The molecule has 0 fully saturated rings. The zero-order chi connectivity index (χ0) is 24.7. The van der Waals surface area contributed by atoms with Crippen LogP contribution < -0.4 is 10.1 Å². The molecule has 0 radical (unpaired) electrons. The SMILES string of the molecule is COc1ccc([C@@H](C)OC[C@H](O)CNC(C)(C)CC2Cc3ccccc3C2)c(CCC(=O)O)c1. The van der Waals surface area contributed by atoms with Gasteiger partial charge in [-0.25, -0.2) is 0 Å². The highest BCUT2D eigenvalue weighted by Crippen LogP contribution is 2.32. The van der Waals surface area contributed by atoms with Gasteiger partial charge in [0.05, 0.1) is 25.9 Å². The van der Waals surface area contributed by atoms with E-state index in [9.17, 15) is 9.90 Å². The van der Waals surface area contributed by atoms with Crippen molar-refractivity contribution in [2.45, 2.75) is 70.6 Å². The van der Waals surface area contributed by atoms with Gasteiger partial charge in [0.15, 0.2) is 0 Å². The van der Waals surface area contributed by atoms with Gasteiger partial charge in [-0.3, -0.25) is 4.79 Å². The lowest BCUT2D eigenvalue weighted by molar-refractivity contribution is -0.136. The highest BCUT2D eigenvalue weighted by Gasteiger charge is 2.28. The topological polar surface area (TPSA) is 88.0 Å². The van der Waals surface area contributed by atoms with Crippen molar-refractivity contribution in [3.63, 3.8) is 0 Å². The van der Waals surface area contributed by atoms with E-state index >= 15 is 0 Å². The summed E-state index contributed by atoms with van der Waals surface area (Å²) in [6.07, 6.45) is 2.83. The minimum Gasteiger partial charge on any atom is -0.497 e. The number of benzene rings is 2. The van der Waals surface area contributed by atoms with Crippen LogP contribution >= 0.6 is 0 Å². The average molecular weight is 470 g/mol. The summed E-state index contributed by atoms with van der Waals surface area (Å²) in [4.78, 5) is 11.0. The van der Waals surface area contributed by atoms with Gasteiger partial charge in [-0.1, -0.05) is 30.3 Å². The summed E-state index contributed by atoms with van der Waals surface area (Å²) in [6.45, 7) is 6.96. The van der Waals surface area contributed by atoms with Gasteiger partial charge in [-0.05, 0) is 86.8 Å². The Labute approximate surface area is 203 Å². The largest absolute Gasteiger partial charge is 0.497 e. The molecule has 0 aromatic heterocycles. The zero-order valence-electron chi connectivity index (χ0n) is 20.8. The Morgan fingerprint density at radius 2 is 1.85 bits per heavy atom. The Bertz CT molecular complexity index is 933. The summed E-state index contributed by atoms with van der Waals surface area (Å²) < 4.78 is 11.3. The number of methoxy groups -OCH3 is 1. The molecule has 0 amide bonds. The Morgan fingerprint density at radius 3 is 2.47 bits per heavy atom.